The number of fused-ring (bicyclic) bond motifs is 6. The summed E-state index contributed by atoms with van der Waals surface area (Å²) in [6.45, 7) is 0.121. The topological polar surface area (TPSA) is 9.72 Å². The number of benzene rings is 7. The molecule has 0 saturated heterocycles. The molecule has 2 heterocycles. The van der Waals surface area contributed by atoms with Gasteiger partial charge in [0.15, 0.2) is 0 Å². The molecule has 0 fully saturated rings. The van der Waals surface area contributed by atoms with Crippen LogP contribution in [0.1, 0.15) is 47.9 Å². The van der Waals surface area contributed by atoms with Gasteiger partial charge in [0.2, 0.25) is 0 Å². The van der Waals surface area contributed by atoms with Crippen LogP contribution in [-0.4, -0.2) is 6.71 Å². The normalized spacial score (nSPS) is 15.1. The molecule has 260 valence electrons. The van der Waals surface area contributed by atoms with Crippen LogP contribution >= 0.6 is 0 Å². The first kappa shape index (κ1) is 31.5. The van der Waals surface area contributed by atoms with Crippen LogP contribution in [0.15, 0.2) is 158 Å². The molecule has 4 heteroatoms. The number of anilines is 9. The molecule has 0 N–H and O–H groups in total. The van der Waals surface area contributed by atoms with E-state index >= 15 is 0 Å². The lowest BCUT2D eigenvalue weighted by Gasteiger charge is -2.46. The van der Waals surface area contributed by atoms with Crippen LogP contribution in [0.3, 0.4) is 0 Å². The summed E-state index contributed by atoms with van der Waals surface area (Å²) in [6.07, 6.45) is 9.68. The molecule has 11 rings (SSSR count). The van der Waals surface area contributed by atoms with Crippen molar-refractivity contribution in [3.05, 3.63) is 180 Å². The van der Waals surface area contributed by atoms with Gasteiger partial charge >= 0.3 is 0 Å². The van der Waals surface area contributed by atoms with Gasteiger partial charge in [0.05, 0.1) is 5.69 Å². The molecule has 0 atom stereocenters. The van der Waals surface area contributed by atoms with E-state index in [-0.39, 0.29) is 6.71 Å². The summed E-state index contributed by atoms with van der Waals surface area (Å²) in [5.74, 6) is 0. The first-order valence-electron chi connectivity index (χ1n) is 19.9. The Morgan fingerprint density at radius 1 is 0.370 bits per heavy atom. The molecule has 0 spiro atoms. The Morgan fingerprint density at radius 3 is 1.15 bits per heavy atom. The van der Waals surface area contributed by atoms with Crippen LogP contribution in [0.25, 0.3) is 0 Å². The Hall–Kier alpha value is -6.00. The van der Waals surface area contributed by atoms with Crippen LogP contribution in [0.2, 0.25) is 0 Å². The van der Waals surface area contributed by atoms with E-state index in [2.05, 4.69) is 172 Å². The summed E-state index contributed by atoms with van der Waals surface area (Å²) in [5.41, 5.74) is 21.3. The highest BCUT2D eigenvalue weighted by Gasteiger charge is 2.45. The van der Waals surface area contributed by atoms with Crippen LogP contribution in [0.5, 0.6) is 0 Å². The third kappa shape index (κ3) is 5.04. The number of aryl methyl sites for hydroxylation is 4. The highest BCUT2D eigenvalue weighted by Crippen LogP contribution is 2.49. The van der Waals surface area contributed by atoms with Crippen molar-refractivity contribution in [2.45, 2.75) is 51.4 Å². The molecule has 2 aliphatic carbocycles. The molecule has 0 bridgehead atoms. The van der Waals surface area contributed by atoms with E-state index in [1.54, 1.807) is 11.1 Å². The second-order valence-corrected chi connectivity index (χ2v) is 15.5. The van der Waals surface area contributed by atoms with Crippen molar-refractivity contribution in [1.82, 2.24) is 0 Å². The molecule has 0 aromatic heterocycles. The predicted molar refractivity (Wildman–Crippen MR) is 228 cm³/mol. The van der Waals surface area contributed by atoms with E-state index in [4.69, 9.17) is 0 Å². The van der Waals surface area contributed by atoms with Gasteiger partial charge < -0.3 is 14.7 Å². The minimum atomic E-state index is 0.121. The minimum Gasteiger partial charge on any atom is -0.311 e. The minimum absolute atomic E-state index is 0.121. The zero-order valence-electron chi connectivity index (χ0n) is 30.6. The Labute approximate surface area is 319 Å². The SMILES string of the molecule is c1ccc(N(c2ccccc2)c2cc3c4c(c2)N(c2ccccc2)c2cc5c(cc2B4c2cc4c(cc2N3c2ccccc2)CCCC4)CCCC5)cc1. The molecular weight excluding hydrogens is 653 g/mol. The van der Waals surface area contributed by atoms with Crippen molar-refractivity contribution in [3.8, 4) is 0 Å². The molecule has 3 nitrogen and oxygen atoms in total. The fourth-order valence-corrected chi connectivity index (χ4v) is 9.89. The van der Waals surface area contributed by atoms with Gasteiger partial charge in [-0.2, -0.15) is 0 Å². The molecule has 0 unspecified atom stereocenters. The van der Waals surface area contributed by atoms with Crippen molar-refractivity contribution < 1.29 is 0 Å². The number of nitrogens with zero attached hydrogens (tertiary/aromatic N) is 3. The zero-order chi connectivity index (χ0) is 35.6. The predicted octanol–water partition coefficient (Wildman–Crippen LogP) is 11.0. The van der Waals surface area contributed by atoms with E-state index in [9.17, 15) is 0 Å². The van der Waals surface area contributed by atoms with Crippen molar-refractivity contribution >= 4 is 74.3 Å². The summed E-state index contributed by atoms with van der Waals surface area (Å²) in [4.78, 5) is 7.61. The van der Waals surface area contributed by atoms with E-state index in [0.29, 0.717) is 0 Å². The number of rotatable bonds is 5. The van der Waals surface area contributed by atoms with Gasteiger partial charge in [0.1, 0.15) is 0 Å². The highest BCUT2D eigenvalue weighted by atomic mass is 15.2. The standard InChI is InChI=1S/C50H42BN3/c1-5-21-39(22-6-1)52(40-23-7-2-8-24-40)43-33-48-50-49(34-43)54(42-27-11-4-12-28-42)47-32-38-20-16-14-18-36(38)30-45(47)51(50)44-29-35-17-13-15-19-37(35)31-46(44)53(48)41-25-9-3-10-26-41/h1-12,21-34H,13-20H2. The molecule has 4 aliphatic rings. The Morgan fingerprint density at radius 2 is 0.741 bits per heavy atom. The average Bonchev–Trinajstić information content (AvgIpc) is 3.24. The summed E-state index contributed by atoms with van der Waals surface area (Å²) in [5, 5.41) is 0. The van der Waals surface area contributed by atoms with Crippen molar-refractivity contribution in [2.24, 2.45) is 0 Å². The summed E-state index contributed by atoms with van der Waals surface area (Å²) >= 11 is 0. The second-order valence-electron chi connectivity index (χ2n) is 15.5. The molecule has 7 aromatic rings. The van der Waals surface area contributed by atoms with Crippen molar-refractivity contribution in [1.29, 1.82) is 0 Å². The lowest BCUT2D eigenvalue weighted by atomic mass is 9.33. The lowest BCUT2D eigenvalue weighted by molar-refractivity contribution is 0.686. The number of para-hydroxylation sites is 4. The average molecular weight is 696 g/mol. The molecule has 7 aromatic carbocycles. The molecule has 2 aliphatic heterocycles. The maximum atomic E-state index is 2.62. The lowest BCUT2D eigenvalue weighted by Crippen LogP contribution is -2.61. The molecule has 54 heavy (non-hydrogen) atoms. The van der Waals surface area contributed by atoms with Crippen LogP contribution in [0, 0.1) is 0 Å². The van der Waals surface area contributed by atoms with Gasteiger partial charge in [0.25, 0.3) is 6.71 Å². The molecule has 0 radical (unpaired) electrons. The molecular formula is C50H42BN3. The molecule has 0 amide bonds. The summed E-state index contributed by atoms with van der Waals surface area (Å²) in [6, 6.07) is 59.2. The largest absolute Gasteiger partial charge is 0.311 e. The Bertz CT molecular complexity index is 2340. The van der Waals surface area contributed by atoms with Crippen LogP contribution in [-0.2, 0) is 25.7 Å². The van der Waals surface area contributed by atoms with E-state index in [1.165, 1.54) is 87.3 Å². The van der Waals surface area contributed by atoms with E-state index in [0.717, 1.165) is 42.7 Å². The van der Waals surface area contributed by atoms with Gasteiger partial charge in [0, 0.05) is 45.5 Å². The van der Waals surface area contributed by atoms with E-state index < -0.39 is 0 Å². The van der Waals surface area contributed by atoms with Gasteiger partial charge in [-0.05, 0) is 163 Å². The smallest absolute Gasteiger partial charge is 0.252 e. The maximum absolute atomic E-state index is 2.62. The maximum Gasteiger partial charge on any atom is 0.252 e. The first-order chi connectivity index (χ1) is 26.8. The van der Waals surface area contributed by atoms with Crippen LogP contribution in [0.4, 0.5) is 51.2 Å². The summed E-state index contributed by atoms with van der Waals surface area (Å²) in [7, 11) is 0. The third-order valence-electron chi connectivity index (χ3n) is 12.3. The fourth-order valence-electron chi connectivity index (χ4n) is 9.89. The quantitative estimate of drug-likeness (QED) is 0.166. The second kappa shape index (κ2) is 12.8. The van der Waals surface area contributed by atoms with Gasteiger partial charge in [-0.3, -0.25) is 0 Å². The number of hydrogen-bond donors (Lipinski definition) is 0. The Balaban J connectivity index is 1.27. The summed E-state index contributed by atoms with van der Waals surface area (Å²) < 4.78 is 0. The highest BCUT2D eigenvalue weighted by molar-refractivity contribution is 7.00. The zero-order valence-corrected chi connectivity index (χ0v) is 30.6. The Kier molecular flexibility index (Phi) is 7.50. The number of hydrogen-bond acceptors (Lipinski definition) is 3. The van der Waals surface area contributed by atoms with E-state index in [1.807, 2.05) is 0 Å². The third-order valence-corrected chi connectivity index (χ3v) is 12.3. The van der Waals surface area contributed by atoms with Gasteiger partial charge in [-0.15, -0.1) is 0 Å². The monoisotopic (exact) mass is 695 g/mol. The van der Waals surface area contributed by atoms with Gasteiger partial charge in [-0.25, -0.2) is 0 Å². The first-order valence-corrected chi connectivity index (χ1v) is 19.9. The fraction of sp³-hybridized carbons (Fsp3) is 0.160. The molecule has 0 saturated carbocycles. The van der Waals surface area contributed by atoms with Crippen molar-refractivity contribution in [3.63, 3.8) is 0 Å². The van der Waals surface area contributed by atoms with Crippen LogP contribution < -0.4 is 31.1 Å². The van der Waals surface area contributed by atoms with Crippen molar-refractivity contribution in [2.75, 3.05) is 14.7 Å². The van der Waals surface area contributed by atoms with Gasteiger partial charge in [-0.1, -0.05) is 84.9 Å².